The Kier molecular flexibility index (Phi) is 5.84. The summed E-state index contributed by atoms with van der Waals surface area (Å²) in [4.78, 5) is 30.1. The number of H-pyrrole nitrogens is 1. The van der Waals surface area contributed by atoms with Gasteiger partial charge in [-0.05, 0) is 18.8 Å². The maximum Gasteiger partial charge on any atom is 0.258 e. The molecule has 1 aliphatic rings. The van der Waals surface area contributed by atoms with Crippen molar-refractivity contribution in [3.8, 4) is 5.88 Å². The van der Waals surface area contributed by atoms with Gasteiger partial charge in [-0.3, -0.25) is 9.59 Å². The average Bonchev–Trinajstić information content (AvgIpc) is 2.95. The number of aromatic nitrogens is 2. The second kappa shape index (κ2) is 7.64. The second-order valence-corrected chi connectivity index (χ2v) is 6.45. The van der Waals surface area contributed by atoms with Gasteiger partial charge in [0, 0.05) is 13.2 Å². The van der Waals surface area contributed by atoms with Crippen molar-refractivity contribution >= 4 is 17.7 Å². The number of carbonyl (C=O) groups is 1. The lowest BCUT2D eigenvalue weighted by molar-refractivity contribution is -0.119. The first-order valence-electron chi connectivity index (χ1n) is 7.31. The van der Waals surface area contributed by atoms with E-state index < -0.39 is 0 Å². The average molecular weight is 327 g/mol. The fourth-order valence-corrected chi connectivity index (χ4v) is 2.94. The second-order valence-electron chi connectivity index (χ2n) is 5.49. The van der Waals surface area contributed by atoms with E-state index in [0.717, 1.165) is 31.2 Å². The molecule has 1 saturated heterocycles. The van der Waals surface area contributed by atoms with Crippen LogP contribution in [0, 0.1) is 0 Å². The number of ether oxygens (including phenoxy) is 1. The number of amides is 1. The van der Waals surface area contributed by atoms with E-state index in [1.807, 2.05) is 0 Å². The van der Waals surface area contributed by atoms with E-state index in [1.165, 1.54) is 0 Å². The highest BCUT2D eigenvalue weighted by molar-refractivity contribution is 7.99. The highest BCUT2D eigenvalue weighted by Crippen LogP contribution is 2.21. The molecule has 3 N–H and O–H groups in total. The molecule has 122 valence electrons. The molecule has 22 heavy (non-hydrogen) atoms. The van der Waals surface area contributed by atoms with Gasteiger partial charge in [-0.2, -0.15) is 4.98 Å². The van der Waals surface area contributed by atoms with Crippen molar-refractivity contribution in [3.05, 3.63) is 15.9 Å². The zero-order chi connectivity index (χ0) is 16.1. The number of hydrogen-bond donors (Lipinski definition) is 3. The van der Waals surface area contributed by atoms with E-state index in [-0.39, 0.29) is 45.8 Å². The van der Waals surface area contributed by atoms with Crippen molar-refractivity contribution < 1.29 is 14.6 Å². The zero-order valence-corrected chi connectivity index (χ0v) is 13.5. The van der Waals surface area contributed by atoms with Gasteiger partial charge in [-0.1, -0.05) is 25.6 Å². The highest BCUT2D eigenvalue weighted by atomic mass is 32.2. The molecular weight excluding hydrogens is 306 g/mol. The van der Waals surface area contributed by atoms with Gasteiger partial charge in [0.2, 0.25) is 11.8 Å². The first-order valence-corrected chi connectivity index (χ1v) is 8.30. The van der Waals surface area contributed by atoms with Crippen molar-refractivity contribution in [1.29, 1.82) is 0 Å². The summed E-state index contributed by atoms with van der Waals surface area (Å²) in [5.74, 6) is -0.433. The van der Waals surface area contributed by atoms with Gasteiger partial charge in [-0.15, -0.1) is 0 Å². The highest BCUT2D eigenvalue weighted by Gasteiger charge is 2.17. The quantitative estimate of drug-likeness (QED) is 0.531. The van der Waals surface area contributed by atoms with E-state index >= 15 is 0 Å². The smallest absolute Gasteiger partial charge is 0.258 e. The molecule has 8 heteroatoms. The Balaban J connectivity index is 1.85. The van der Waals surface area contributed by atoms with Crippen LogP contribution in [0.5, 0.6) is 5.88 Å². The van der Waals surface area contributed by atoms with E-state index in [1.54, 1.807) is 13.8 Å². The maximum absolute atomic E-state index is 11.9. The zero-order valence-electron chi connectivity index (χ0n) is 12.7. The SMILES string of the molecule is CC(C)c1c(O)nc(SCC(=O)NC[C@@H]2CCCO2)[nH]c1=O. The van der Waals surface area contributed by atoms with Crippen molar-refractivity contribution in [3.63, 3.8) is 0 Å². The van der Waals surface area contributed by atoms with E-state index in [0.29, 0.717) is 6.54 Å². The van der Waals surface area contributed by atoms with Crippen molar-refractivity contribution in [2.45, 2.75) is 43.9 Å². The Morgan fingerprint density at radius 2 is 2.36 bits per heavy atom. The van der Waals surface area contributed by atoms with Crippen LogP contribution in [0.3, 0.4) is 0 Å². The molecule has 0 spiro atoms. The van der Waals surface area contributed by atoms with Gasteiger partial charge >= 0.3 is 0 Å². The molecule has 1 aromatic rings. The minimum Gasteiger partial charge on any atom is -0.493 e. The maximum atomic E-state index is 11.9. The van der Waals surface area contributed by atoms with E-state index in [9.17, 15) is 14.7 Å². The van der Waals surface area contributed by atoms with Crippen LogP contribution in [-0.2, 0) is 9.53 Å². The molecule has 0 radical (unpaired) electrons. The summed E-state index contributed by atoms with van der Waals surface area (Å²) in [5.41, 5.74) is -0.114. The Morgan fingerprint density at radius 3 is 2.95 bits per heavy atom. The number of rotatable bonds is 6. The summed E-state index contributed by atoms with van der Waals surface area (Å²) in [7, 11) is 0. The molecule has 1 fully saturated rings. The predicted molar refractivity (Wildman–Crippen MR) is 83.3 cm³/mol. The van der Waals surface area contributed by atoms with Crippen LogP contribution in [0.15, 0.2) is 9.95 Å². The predicted octanol–water partition coefficient (Wildman–Crippen LogP) is 0.986. The first kappa shape index (κ1) is 16.8. The van der Waals surface area contributed by atoms with E-state index in [2.05, 4.69) is 15.3 Å². The summed E-state index contributed by atoms with van der Waals surface area (Å²) in [5, 5.41) is 12.8. The monoisotopic (exact) mass is 327 g/mol. The Bertz CT molecular complexity index is 582. The number of hydrogen-bond acceptors (Lipinski definition) is 6. The third-order valence-corrected chi connectivity index (χ3v) is 4.25. The summed E-state index contributed by atoms with van der Waals surface area (Å²) in [6.07, 6.45) is 2.09. The fraction of sp³-hybridized carbons (Fsp3) is 0.643. The lowest BCUT2D eigenvalue weighted by Crippen LogP contribution is -2.33. The molecule has 0 aliphatic carbocycles. The van der Waals surface area contributed by atoms with Gasteiger partial charge in [0.1, 0.15) is 0 Å². The normalized spacial score (nSPS) is 17.9. The summed E-state index contributed by atoms with van der Waals surface area (Å²) >= 11 is 1.08. The molecule has 0 unspecified atom stereocenters. The van der Waals surface area contributed by atoms with Crippen LogP contribution in [0.2, 0.25) is 0 Å². The van der Waals surface area contributed by atoms with Crippen molar-refractivity contribution in [2.24, 2.45) is 0 Å². The van der Waals surface area contributed by atoms with Crippen molar-refractivity contribution in [2.75, 3.05) is 18.9 Å². The van der Waals surface area contributed by atoms with Crippen LogP contribution in [-0.4, -0.2) is 46.0 Å². The van der Waals surface area contributed by atoms with Gasteiger partial charge < -0.3 is 20.1 Å². The number of thioether (sulfide) groups is 1. The minimum absolute atomic E-state index is 0.0984. The third kappa shape index (κ3) is 4.48. The molecule has 0 bridgehead atoms. The van der Waals surface area contributed by atoms with Gasteiger partial charge in [0.25, 0.3) is 5.56 Å². The minimum atomic E-state index is -0.371. The number of aromatic hydroxyl groups is 1. The van der Waals surface area contributed by atoms with Crippen LogP contribution in [0.1, 0.15) is 38.2 Å². The summed E-state index contributed by atoms with van der Waals surface area (Å²) < 4.78 is 5.42. The number of aromatic amines is 1. The van der Waals surface area contributed by atoms with Gasteiger partial charge in [0.05, 0.1) is 17.4 Å². The van der Waals surface area contributed by atoms with Crippen LogP contribution in [0.25, 0.3) is 0 Å². The standard InChI is InChI=1S/C14H21N3O4S/c1-8(2)11-12(19)16-14(17-13(11)20)22-7-10(18)15-6-9-4-3-5-21-9/h8-9H,3-7H2,1-2H3,(H,15,18)(H2,16,17,19,20)/t9-/m0/s1. The Hall–Kier alpha value is -1.54. The molecule has 1 atom stereocenters. The van der Waals surface area contributed by atoms with Crippen LogP contribution >= 0.6 is 11.8 Å². The van der Waals surface area contributed by atoms with Gasteiger partial charge in [-0.25, -0.2) is 0 Å². The molecular formula is C14H21N3O4S. The summed E-state index contributed by atoms with van der Waals surface area (Å²) in [6.45, 7) is 4.86. The van der Waals surface area contributed by atoms with Crippen LogP contribution < -0.4 is 10.9 Å². The van der Waals surface area contributed by atoms with Crippen molar-refractivity contribution in [1.82, 2.24) is 15.3 Å². The molecule has 0 aromatic carbocycles. The fourth-order valence-electron chi connectivity index (χ4n) is 2.26. The molecule has 1 aliphatic heterocycles. The molecule has 2 heterocycles. The largest absolute Gasteiger partial charge is 0.493 e. The Morgan fingerprint density at radius 1 is 1.59 bits per heavy atom. The third-order valence-electron chi connectivity index (χ3n) is 3.38. The van der Waals surface area contributed by atoms with Crippen LogP contribution in [0.4, 0.5) is 0 Å². The molecule has 7 nitrogen and oxygen atoms in total. The Labute approximate surface area is 132 Å². The lowest BCUT2D eigenvalue weighted by Gasteiger charge is -2.11. The summed E-state index contributed by atoms with van der Waals surface area (Å²) in [6, 6.07) is 0. The first-order chi connectivity index (χ1) is 10.5. The number of nitrogens with one attached hydrogen (secondary N) is 2. The molecule has 0 saturated carbocycles. The van der Waals surface area contributed by atoms with E-state index in [4.69, 9.17) is 4.74 Å². The molecule has 1 aromatic heterocycles. The van der Waals surface area contributed by atoms with Gasteiger partial charge in [0.15, 0.2) is 5.16 Å². The molecule has 1 amide bonds. The molecule has 2 rings (SSSR count). The topological polar surface area (TPSA) is 104 Å². The lowest BCUT2D eigenvalue weighted by atomic mass is 10.1. The number of carbonyl (C=O) groups excluding carboxylic acids is 1. The number of nitrogens with zero attached hydrogens (tertiary/aromatic N) is 1.